The quantitative estimate of drug-likeness (QED) is 0.818. The van der Waals surface area contributed by atoms with Crippen LogP contribution in [0.25, 0.3) is 0 Å². The first kappa shape index (κ1) is 15.5. The average Bonchev–Trinajstić information content (AvgIpc) is 2.19. The van der Waals surface area contributed by atoms with E-state index >= 15 is 0 Å². The predicted molar refractivity (Wildman–Crippen MR) is 74.7 cm³/mol. The van der Waals surface area contributed by atoms with Gasteiger partial charge in [-0.25, -0.2) is 0 Å². The molecular formula is C15H29NO2. The lowest BCUT2D eigenvalue weighted by Gasteiger charge is -2.46. The first-order valence-corrected chi connectivity index (χ1v) is 7.20. The molecule has 1 aliphatic carbocycles. The maximum absolute atomic E-state index is 10.8. The van der Waals surface area contributed by atoms with Gasteiger partial charge in [-0.2, -0.15) is 0 Å². The summed E-state index contributed by atoms with van der Waals surface area (Å²) in [4.78, 5) is 13.2. The summed E-state index contributed by atoms with van der Waals surface area (Å²) >= 11 is 0. The van der Waals surface area contributed by atoms with Gasteiger partial charge in [0.1, 0.15) is 0 Å². The van der Waals surface area contributed by atoms with Gasteiger partial charge in [-0.05, 0) is 44.4 Å². The second kappa shape index (κ2) is 6.05. The summed E-state index contributed by atoms with van der Waals surface area (Å²) in [6.07, 6.45) is 3.95. The monoisotopic (exact) mass is 255 g/mol. The zero-order valence-corrected chi connectivity index (χ0v) is 12.6. The van der Waals surface area contributed by atoms with Gasteiger partial charge in [-0.15, -0.1) is 0 Å². The van der Waals surface area contributed by atoms with Gasteiger partial charge in [-0.1, -0.05) is 20.8 Å². The summed E-state index contributed by atoms with van der Waals surface area (Å²) in [6, 6.07) is 0.982. The van der Waals surface area contributed by atoms with Crippen molar-refractivity contribution in [2.75, 3.05) is 6.54 Å². The lowest BCUT2D eigenvalue weighted by molar-refractivity contribution is -0.137. The normalized spacial score (nSPS) is 27.7. The zero-order valence-electron chi connectivity index (χ0n) is 12.6. The number of hydrogen-bond acceptors (Lipinski definition) is 2. The molecule has 0 heterocycles. The first-order chi connectivity index (χ1) is 8.23. The molecule has 3 nitrogen and oxygen atoms in total. The Bertz CT molecular complexity index is 286. The maximum Gasteiger partial charge on any atom is 0.304 e. The van der Waals surface area contributed by atoms with E-state index in [2.05, 4.69) is 39.5 Å². The van der Waals surface area contributed by atoms with E-state index < -0.39 is 5.97 Å². The van der Waals surface area contributed by atoms with Crippen LogP contribution in [-0.2, 0) is 4.79 Å². The van der Waals surface area contributed by atoms with Gasteiger partial charge in [0.05, 0.1) is 6.42 Å². The lowest BCUT2D eigenvalue weighted by Crippen LogP contribution is -2.48. The molecule has 1 N–H and O–H groups in total. The van der Waals surface area contributed by atoms with Crippen LogP contribution in [-0.4, -0.2) is 34.6 Å². The maximum atomic E-state index is 10.8. The number of carboxylic acids is 1. The van der Waals surface area contributed by atoms with Crippen LogP contribution < -0.4 is 0 Å². The highest BCUT2D eigenvalue weighted by Gasteiger charge is 2.36. The fourth-order valence-corrected chi connectivity index (χ4v) is 3.46. The SMILES string of the molecule is CC1CC(C)(C)CCC1N(CCC(=O)O)C(C)C. The molecule has 2 unspecified atom stereocenters. The fourth-order valence-electron chi connectivity index (χ4n) is 3.46. The first-order valence-electron chi connectivity index (χ1n) is 7.20. The molecule has 1 aliphatic rings. The van der Waals surface area contributed by atoms with Crippen LogP contribution >= 0.6 is 0 Å². The van der Waals surface area contributed by atoms with Gasteiger partial charge in [0, 0.05) is 18.6 Å². The van der Waals surface area contributed by atoms with Gasteiger partial charge in [0.2, 0.25) is 0 Å². The minimum absolute atomic E-state index is 0.255. The number of carboxylic acid groups (broad SMARTS) is 1. The highest BCUT2D eigenvalue weighted by Crippen LogP contribution is 2.40. The Hall–Kier alpha value is -0.570. The average molecular weight is 255 g/mol. The van der Waals surface area contributed by atoms with Crippen molar-refractivity contribution in [2.45, 2.75) is 72.4 Å². The van der Waals surface area contributed by atoms with Crippen LogP contribution in [0.1, 0.15) is 60.3 Å². The third-order valence-corrected chi connectivity index (χ3v) is 4.32. The molecule has 1 saturated carbocycles. The van der Waals surface area contributed by atoms with Gasteiger partial charge in [0.15, 0.2) is 0 Å². The molecule has 0 saturated heterocycles. The minimum Gasteiger partial charge on any atom is -0.481 e. The van der Waals surface area contributed by atoms with Crippen LogP contribution in [0.4, 0.5) is 0 Å². The molecule has 1 rings (SSSR count). The molecule has 2 atom stereocenters. The number of aliphatic carboxylic acids is 1. The Morgan fingerprint density at radius 3 is 2.50 bits per heavy atom. The van der Waals surface area contributed by atoms with Crippen molar-refractivity contribution in [3.05, 3.63) is 0 Å². The molecule has 18 heavy (non-hydrogen) atoms. The number of carbonyl (C=O) groups is 1. The third-order valence-electron chi connectivity index (χ3n) is 4.32. The zero-order chi connectivity index (χ0) is 13.9. The van der Waals surface area contributed by atoms with Crippen molar-refractivity contribution in [2.24, 2.45) is 11.3 Å². The Morgan fingerprint density at radius 1 is 1.44 bits per heavy atom. The Balaban J connectivity index is 2.66. The van der Waals surface area contributed by atoms with Crippen molar-refractivity contribution in [1.29, 1.82) is 0 Å². The molecule has 0 radical (unpaired) electrons. The smallest absolute Gasteiger partial charge is 0.304 e. The number of hydrogen-bond donors (Lipinski definition) is 1. The standard InChI is InChI=1S/C15H29NO2/c1-11(2)16(9-7-14(17)18)13-6-8-15(4,5)10-12(13)3/h11-13H,6-10H2,1-5H3,(H,17,18). The van der Waals surface area contributed by atoms with E-state index in [-0.39, 0.29) is 6.42 Å². The van der Waals surface area contributed by atoms with Crippen LogP contribution in [0.5, 0.6) is 0 Å². The molecule has 0 aromatic heterocycles. The second-order valence-corrected chi connectivity index (χ2v) is 6.93. The highest BCUT2D eigenvalue weighted by atomic mass is 16.4. The summed E-state index contributed by atoms with van der Waals surface area (Å²) < 4.78 is 0. The number of nitrogens with zero attached hydrogens (tertiary/aromatic N) is 1. The molecule has 0 aromatic rings. The van der Waals surface area contributed by atoms with Crippen LogP contribution in [0.15, 0.2) is 0 Å². The third kappa shape index (κ3) is 4.27. The van der Waals surface area contributed by atoms with Gasteiger partial charge < -0.3 is 5.11 Å². The van der Waals surface area contributed by atoms with Crippen LogP contribution in [0.3, 0.4) is 0 Å². The van der Waals surface area contributed by atoms with E-state index in [1.807, 2.05) is 0 Å². The molecule has 0 aromatic carbocycles. The Labute approximate surface area is 112 Å². The van der Waals surface area contributed by atoms with E-state index in [9.17, 15) is 4.79 Å². The largest absolute Gasteiger partial charge is 0.481 e. The topological polar surface area (TPSA) is 40.5 Å². The van der Waals surface area contributed by atoms with Crippen LogP contribution in [0.2, 0.25) is 0 Å². The predicted octanol–water partition coefficient (Wildman–Crippen LogP) is 3.39. The van der Waals surface area contributed by atoms with Crippen molar-refractivity contribution >= 4 is 5.97 Å². The fraction of sp³-hybridized carbons (Fsp3) is 0.933. The molecule has 1 fully saturated rings. The summed E-state index contributed by atoms with van der Waals surface area (Å²) in [5, 5.41) is 8.86. The van der Waals surface area contributed by atoms with E-state index in [0.717, 1.165) is 0 Å². The minimum atomic E-state index is -0.690. The van der Waals surface area contributed by atoms with E-state index in [4.69, 9.17) is 5.11 Å². The lowest BCUT2D eigenvalue weighted by atomic mass is 9.70. The van der Waals surface area contributed by atoms with E-state index in [0.29, 0.717) is 30.0 Å². The summed E-state index contributed by atoms with van der Waals surface area (Å²) in [6.45, 7) is 12.0. The van der Waals surface area contributed by atoms with E-state index in [1.54, 1.807) is 0 Å². The number of rotatable bonds is 5. The second-order valence-electron chi connectivity index (χ2n) is 6.93. The van der Waals surface area contributed by atoms with Gasteiger partial charge >= 0.3 is 5.97 Å². The molecule has 0 bridgehead atoms. The summed E-state index contributed by atoms with van der Waals surface area (Å²) in [7, 11) is 0. The highest BCUT2D eigenvalue weighted by molar-refractivity contribution is 5.66. The van der Waals surface area contributed by atoms with Gasteiger partial charge in [0.25, 0.3) is 0 Å². The van der Waals surface area contributed by atoms with Crippen molar-refractivity contribution in [3.63, 3.8) is 0 Å². The molecule has 0 amide bonds. The summed E-state index contributed by atoms with van der Waals surface area (Å²) in [5.41, 5.74) is 0.450. The van der Waals surface area contributed by atoms with E-state index in [1.165, 1.54) is 19.3 Å². The summed E-state index contributed by atoms with van der Waals surface area (Å²) in [5.74, 6) is -0.0330. The van der Waals surface area contributed by atoms with Crippen molar-refractivity contribution in [3.8, 4) is 0 Å². The van der Waals surface area contributed by atoms with Crippen LogP contribution in [0, 0.1) is 11.3 Å². The van der Waals surface area contributed by atoms with Gasteiger partial charge in [-0.3, -0.25) is 9.69 Å². The molecular weight excluding hydrogens is 226 g/mol. The Kier molecular flexibility index (Phi) is 5.20. The Morgan fingerprint density at radius 2 is 2.06 bits per heavy atom. The van der Waals surface area contributed by atoms with Crippen molar-refractivity contribution < 1.29 is 9.90 Å². The van der Waals surface area contributed by atoms with Crippen molar-refractivity contribution in [1.82, 2.24) is 4.90 Å². The molecule has 106 valence electrons. The molecule has 3 heteroatoms. The molecule has 0 spiro atoms. The molecule has 0 aliphatic heterocycles.